The van der Waals surface area contributed by atoms with Crippen molar-refractivity contribution in [3.63, 3.8) is 0 Å². The van der Waals surface area contributed by atoms with Gasteiger partial charge >= 0.3 is 11.9 Å². The second-order valence-corrected chi connectivity index (χ2v) is 5.52. The molecule has 21 heavy (non-hydrogen) atoms. The largest absolute Gasteiger partial charge is 0.393 e. The Hall–Kier alpha value is -1.92. The first-order valence-corrected chi connectivity index (χ1v) is 6.99. The summed E-state index contributed by atoms with van der Waals surface area (Å²) in [5.74, 6) is -1.31. The number of H-pyrrole nitrogens is 2. The van der Waals surface area contributed by atoms with Crippen molar-refractivity contribution < 1.29 is 13.2 Å². The van der Waals surface area contributed by atoms with Gasteiger partial charge in [0.25, 0.3) is 0 Å². The zero-order valence-corrected chi connectivity index (χ0v) is 11.3. The molecule has 3 N–H and O–H groups in total. The van der Waals surface area contributed by atoms with Crippen LogP contribution in [0.15, 0.2) is 23.0 Å². The minimum atomic E-state index is -4.18. The van der Waals surface area contributed by atoms with E-state index in [4.69, 9.17) is 0 Å². The Labute approximate surface area is 118 Å². The average molecular weight is 299 g/mol. The van der Waals surface area contributed by atoms with Gasteiger partial charge in [-0.2, -0.15) is 13.2 Å². The van der Waals surface area contributed by atoms with Crippen molar-refractivity contribution >= 4 is 16.7 Å². The van der Waals surface area contributed by atoms with Crippen molar-refractivity contribution in [3.8, 4) is 0 Å². The molecule has 1 heterocycles. The summed E-state index contributed by atoms with van der Waals surface area (Å²) in [5.41, 5.74) is 1.50. The molecule has 4 nitrogen and oxygen atoms in total. The summed E-state index contributed by atoms with van der Waals surface area (Å²) in [7, 11) is 0. The van der Waals surface area contributed by atoms with Crippen LogP contribution in [-0.2, 0) is 0 Å². The van der Waals surface area contributed by atoms with E-state index in [-0.39, 0.29) is 12.1 Å². The molecule has 1 aromatic carbocycles. The van der Waals surface area contributed by atoms with Gasteiger partial charge in [0.2, 0.25) is 0 Å². The van der Waals surface area contributed by atoms with Gasteiger partial charge in [0.1, 0.15) is 0 Å². The van der Waals surface area contributed by atoms with Gasteiger partial charge in [0, 0.05) is 11.7 Å². The second kappa shape index (κ2) is 5.13. The molecule has 1 fully saturated rings. The summed E-state index contributed by atoms with van der Waals surface area (Å²) in [6.07, 6.45) is -2.08. The van der Waals surface area contributed by atoms with Gasteiger partial charge in [0.15, 0.2) is 0 Å². The lowest BCUT2D eigenvalue weighted by Gasteiger charge is -2.34. The molecule has 0 bridgehead atoms. The highest BCUT2D eigenvalue weighted by molar-refractivity contribution is 5.78. The van der Waals surface area contributed by atoms with Crippen molar-refractivity contribution in [2.24, 2.45) is 5.92 Å². The monoisotopic (exact) mass is 299 g/mol. The van der Waals surface area contributed by atoms with Crippen molar-refractivity contribution in [1.29, 1.82) is 0 Å². The van der Waals surface area contributed by atoms with E-state index in [1.165, 1.54) is 0 Å². The molecular formula is C14H16F3N3O. The minimum Gasteiger partial charge on any atom is -0.382 e. The van der Waals surface area contributed by atoms with Gasteiger partial charge < -0.3 is 15.3 Å². The summed E-state index contributed by atoms with van der Waals surface area (Å²) in [6, 6.07) is 4.42. The second-order valence-electron chi connectivity index (χ2n) is 5.52. The smallest absolute Gasteiger partial charge is 0.382 e. The third-order valence-corrected chi connectivity index (χ3v) is 4.05. The van der Waals surface area contributed by atoms with E-state index in [9.17, 15) is 18.0 Å². The summed E-state index contributed by atoms with van der Waals surface area (Å²) < 4.78 is 39.2. The van der Waals surface area contributed by atoms with E-state index in [0.717, 1.165) is 6.42 Å². The predicted molar refractivity (Wildman–Crippen MR) is 74.3 cm³/mol. The van der Waals surface area contributed by atoms with Gasteiger partial charge in [-0.1, -0.05) is 12.8 Å². The molecule has 2 aromatic rings. The van der Waals surface area contributed by atoms with E-state index in [2.05, 4.69) is 15.3 Å². The van der Waals surface area contributed by atoms with Crippen molar-refractivity contribution in [2.45, 2.75) is 37.9 Å². The van der Waals surface area contributed by atoms with Crippen LogP contribution < -0.4 is 11.0 Å². The SMILES string of the molecule is O=c1[nH]c2ccc(NC3CCCCC3C(F)(F)F)cc2[nH]1. The number of benzene rings is 1. The number of aromatic nitrogens is 2. The third kappa shape index (κ3) is 2.91. The number of hydrogen-bond donors (Lipinski definition) is 3. The molecule has 1 aromatic heterocycles. The molecule has 0 saturated heterocycles. The first kappa shape index (κ1) is 14.0. The van der Waals surface area contributed by atoms with Gasteiger partial charge in [-0.25, -0.2) is 4.79 Å². The van der Waals surface area contributed by atoms with E-state index in [1.807, 2.05) is 0 Å². The van der Waals surface area contributed by atoms with Crippen LogP contribution in [0.2, 0.25) is 0 Å². The molecule has 0 amide bonds. The van der Waals surface area contributed by atoms with E-state index < -0.39 is 18.1 Å². The zero-order chi connectivity index (χ0) is 15.0. The minimum absolute atomic E-state index is 0.171. The fourth-order valence-corrected chi connectivity index (χ4v) is 3.03. The molecule has 7 heteroatoms. The number of hydrogen-bond acceptors (Lipinski definition) is 2. The van der Waals surface area contributed by atoms with Crippen molar-refractivity contribution in [3.05, 3.63) is 28.7 Å². The Morgan fingerprint density at radius 1 is 1.10 bits per heavy atom. The Bertz CT molecular complexity index is 689. The van der Waals surface area contributed by atoms with Crippen LogP contribution in [0.25, 0.3) is 11.0 Å². The molecule has 1 saturated carbocycles. The molecule has 2 unspecified atom stereocenters. The number of anilines is 1. The summed E-state index contributed by atoms with van der Waals surface area (Å²) in [4.78, 5) is 16.4. The van der Waals surface area contributed by atoms with Gasteiger partial charge in [-0.15, -0.1) is 0 Å². The van der Waals surface area contributed by atoms with Crippen LogP contribution in [0.5, 0.6) is 0 Å². The van der Waals surface area contributed by atoms with Gasteiger partial charge in [-0.05, 0) is 31.0 Å². The standard InChI is InChI=1S/C14H16F3N3O/c15-14(16,17)9-3-1-2-4-10(9)18-8-5-6-11-12(7-8)20-13(21)19-11/h5-7,9-10,18H,1-4H2,(H2,19,20,21). The normalized spacial score (nSPS) is 23.4. The van der Waals surface area contributed by atoms with Crippen LogP contribution in [0.1, 0.15) is 25.7 Å². The summed E-state index contributed by atoms with van der Waals surface area (Å²) in [5, 5.41) is 2.98. The number of aromatic amines is 2. The van der Waals surface area contributed by atoms with E-state index in [1.54, 1.807) is 18.2 Å². The van der Waals surface area contributed by atoms with E-state index >= 15 is 0 Å². The van der Waals surface area contributed by atoms with Gasteiger partial charge in [-0.3, -0.25) is 0 Å². The average Bonchev–Trinajstić information content (AvgIpc) is 2.77. The predicted octanol–water partition coefficient (Wildman–Crippen LogP) is 3.39. The molecule has 0 spiro atoms. The zero-order valence-electron chi connectivity index (χ0n) is 11.3. The van der Waals surface area contributed by atoms with Crippen LogP contribution in [0, 0.1) is 5.92 Å². The Kier molecular flexibility index (Phi) is 3.43. The number of alkyl halides is 3. The molecule has 0 radical (unpaired) electrons. The number of fused-ring (bicyclic) bond motifs is 1. The number of imidazole rings is 1. The fraction of sp³-hybridized carbons (Fsp3) is 0.500. The molecular weight excluding hydrogens is 283 g/mol. The Morgan fingerprint density at radius 2 is 1.81 bits per heavy atom. The summed E-state index contributed by atoms with van der Waals surface area (Å²) >= 11 is 0. The van der Waals surface area contributed by atoms with Crippen molar-refractivity contribution in [2.75, 3.05) is 5.32 Å². The first-order chi connectivity index (χ1) is 9.93. The maximum atomic E-state index is 13.1. The van der Waals surface area contributed by atoms with Crippen LogP contribution in [0.4, 0.5) is 18.9 Å². The van der Waals surface area contributed by atoms with Gasteiger partial charge in [0.05, 0.1) is 17.0 Å². The molecule has 1 aliphatic carbocycles. The maximum absolute atomic E-state index is 13.1. The molecule has 2 atom stereocenters. The molecule has 0 aliphatic heterocycles. The molecule has 3 rings (SSSR count). The topological polar surface area (TPSA) is 60.7 Å². The fourth-order valence-electron chi connectivity index (χ4n) is 3.03. The summed E-state index contributed by atoms with van der Waals surface area (Å²) in [6.45, 7) is 0. The first-order valence-electron chi connectivity index (χ1n) is 6.99. The highest BCUT2D eigenvalue weighted by atomic mass is 19.4. The van der Waals surface area contributed by atoms with Crippen LogP contribution >= 0.6 is 0 Å². The van der Waals surface area contributed by atoms with Crippen molar-refractivity contribution in [1.82, 2.24) is 9.97 Å². The number of halogens is 3. The molecule has 114 valence electrons. The number of nitrogens with one attached hydrogen (secondary N) is 3. The third-order valence-electron chi connectivity index (χ3n) is 4.05. The Balaban J connectivity index is 1.83. The van der Waals surface area contributed by atoms with E-state index in [0.29, 0.717) is 29.6 Å². The van der Waals surface area contributed by atoms with Crippen LogP contribution in [-0.4, -0.2) is 22.2 Å². The Morgan fingerprint density at radius 3 is 2.57 bits per heavy atom. The van der Waals surface area contributed by atoms with Crippen LogP contribution in [0.3, 0.4) is 0 Å². The maximum Gasteiger partial charge on any atom is 0.393 e. The highest BCUT2D eigenvalue weighted by Gasteiger charge is 2.45. The number of rotatable bonds is 2. The molecule has 1 aliphatic rings. The highest BCUT2D eigenvalue weighted by Crippen LogP contribution is 2.39. The lowest BCUT2D eigenvalue weighted by molar-refractivity contribution is -0.184. The quantitative estimate of drug-likeness (QED) is 0.796. The lowest BCUT2D eigenvalue weighted by atomic mass is 9.84. The lowest BCUT2D eigenvalue weighted by Crippen LogP contribution is -2.41.